The largest absolute Gasteiger partial charge is 0.444 e. The second kappa shape index (κ2) is 9.14. The van der Waals surface area contributed by atoms with Crippen molar-refractivity contribution in [1.29, 1.82) is 0 Å². The number of carbonyl (C=O) groups is 2. The van der Waals surface area contributed by atoms with Crippen LogP contribution in [-0.4, -0.2) is 75.1 Å². The Balaban J connectivity index is 2.39. The Morgan fingerprint density at radius 3 is 2.39 bits per heavy atom. The molecular weight excluding hydrogens is 435 g/mol. The van der Waals surface area contributed by atoms with Gasteiger partial charge in [-0.2, -0.15) is 0 Å². The van der Waals surface area contributed by atoms with Crippen molar-refractivity contribution in [3.8, 4) is 0 Å². The zero-order chi connectivity index (χ0) is 23.8. The van der Waals surface area contributed by atoms with Gasteiger partial charge < -0.3 is 39.2 Å². The van der Waals surface area contributed by atoms with Crippen LogP contribution in [0.4, 0.5) is 4.79 Å². The third-order valence-corrected chi connectivity index (χ3v) is 5.30. The van der Waals surface area contributed by atoms with Gasteiger partial charge in [0.1, 0.15) is 23.9 Å². The molecule has 2 aliphatic rings. The number of aliphatic hydroxyl groups is 1. The van der Waals surface area contributed by atoms with Crippen LogP contribution in [0.15, 0.2) is 11.8 Å². The molecule has 5 atom stereocenters. The molecule has 5 N–H and O–H groups in total. The predicted octanol–water partition coefficient (Wildman–Crippen LogP) is 0.315. The highest BCUT2D eigenvalue weighted by atomic mass is 31.2. The average molecular weight is 466 g/mol. The number of ether oxygens (including phenoxy) is 4. The highest BCUT2D eigenvalue weighted by molar-refractivity contribution is 7.52. The van der Waals surface area contributed by atoms with E-state index in [4.69, 9.17) is 18.9 Å². The van der Waals surface area contributed by atoms with Crippen LogP contribution in [0, 0.1) is 0 Å². The van der Waals surface area contributed by atoms with Gasteiger partial charge in [-0.3, -0.25) is 14.7 Å². The van der Waals surface area contributed by atoms with Gasteiger partial charge in [-0.1, -0.05) is 0 Å². The van der Waals surface area contributed by atoms with Gasteiger partial charge in [-0.05, 0) is 40.7 Å². The first-order valence-corrected chi connectivity index (χ1v) is 11.4. The van der Waals surface area contributed by atoms with Crippen molar-refractivity contribution >= 4 is 19.6 Å². The molecule has 178 valence electrons. The summed E-state index contributed by atoms with van der Waals surface area (Å²) in [7, 11) is -4.84. The van der Waals surface area contributed by atoms with E-state index < -0.39 is 61.2 Å². The molecule has 5 unspecified atom stereocenters. The molecule has 1 fully saturated rings. The normalized spacial score (nSPS) is 29.6. The molecule has 0 radical (unpaired) electrons. The number of amides is 2. The van der Waals surface area contributed by atoms with Gasteiger partial charge in [0.15, 0.2) is 11.6 Å². The Morgan fingerprint density at radius 2 is 1.94 bits per heavy atom. The molecule has 0 aliphatic carbocycles. The van der Waals surface area contributed by atoms with Gasteiger partial charge >= 0.3 is 13.7 Å². The smallest absolute Gasteiger partial charge is 0.411 e. The Kier molecular flexibility index (Phi) is 7.59. The van der Waals surface area contributed by atoms with Gasteiger partial charge in [0, 0.05) is 12.6 Å². The molecule has 13 heteroatoms. The van der Waals surface area contributed by atoms with E-state index in [9.17, 15) is 29.0 Å². The zero-order valence-electron chi connectivity index (χ0n) is 18.3. The van der Waals surface area contributed by atoms with E-state index in [0.29, 0.717) is 0 Å². The number of rotatable bonds is 5. The SMILES string of the molecule is CC(=O)NC1C(NC(=O)OC(C)(C)C)=CC(P(=O)(O)O)OC1C(O)C1COC(C)(C)O1. The van der Waals surface area contributed by atoms with Crippen LogP contribution in [0.2, 0.25) is 0 Å². The van der Waals surface area contributed by atoms with Crippen LogP contribution < -0.4 is 10.6 Å². The number of carbonyl (C=O) groups excluding carboxylic acids is 2. The molecule has 1 saturated heterocycles. The van der Waals surface area contributed by atoms with E-state index in [0.717, 1.165) is 6.08 Å². The van der Waals surface area contributed by atoms with E-state index in [1.807, 2.05) is 0 Å². The Labute approximate surface area is 180 Å². The molecule has 0 aromatic carbocycles. The fraction of sp³-hybridized carbons (Fsp3) is 0.778. The minimum Gasteiger partial charge on any atom is -0.444 e. The first kappa shape index (κ1) is 25.7. The van der Waals surface area contributed by atoms with Crippen molar-refractivity contribution in [1.82, 2.24) is 10.6 Å². The van der Waals surface area contributed by atoms with E-state index in [1.165, 1.54) is 6.92 Å². The summed E-state index contributed by atoms with van der Waals surface area (Å²) in [5.41, 5.74) is -0.937. The molecular formula is C18H31N2O10P. The highest BCUT2D eigenvalue weighted by Gasteiger charge is 2.48. The molecule has 0 bridgehead atoms. The molecule has 31 heavy (non-hydrogen) atoms. The van der Waals surface area contributed by atoms with Gasteiger partial charge in [-0.25, -0.2) is 4.79 Å². The molecule has 0 saturated carbocycles. The molecule has 0 aromatic heterocycles. The summed E-state index contributed by atoms with van der Waals surface area (Å²) in [4.78, 5) is 43.5. The van der Waals surface area contributed by atoms with Crippen LogP contribution in [0.1, 0.15) is 41.5 Å². The fourth-order valence-electron chi connectivity index (χ4n) is 3.18. The van der Waals surface area contributed by atoms with Gasteiger partial charge in [0.2, 0.25) is 5.91 Å². The second-order valence-electron chi connectivity index (χ2n) is 8.87. The van der Waals surface area contributed by atoms with Gasteiger partial charge in [0.05, 0.1) is 12.6 Å². The van der Waals surface area contributed by atoms with Crippen molar-refractivity contribution in [3.05, 3.63) is 11.8 Å². The third-order valence-electron chi connectivity index (χ3n) is 4.37. The lowest BCUT2D eigenvalue weighted by atomic mass is 9.96. The lowest BCUT2D eigenvalue weighted by Crippen LogP contribution is -2.59. The van der Waals surface area contributed by atoms with Crippen LogP contribution in [-0.2, 0) is 28.3 Å². The molecule has 0 spiro atoms. The summed E-state index contributed by atoms with van der Waals surface area (Å²) in [6, 6.07) is -1.16. The lowest BCUT2D eigenvalue weighted by Gasteiger charge is -2.40. The lowest BCUT2D eigenvalue weighted by molar-refractivity contribution is -0.169. The number of hydrogen-bond donors (Lipinski definition) is 5. The number of hydrogen-bond acceptors (Lipinski definition) is 8. The number of aliphatic hydroxyl groups excluding tert-OH is 1. The summed E-state index contributed by atoms with van der Waals surface area (Å²) >= 11 is 0. The minimum absolute atomic E-state index is 0.0140. The van der Waals surface area contributed by atoms with E-state index in [1.54, 1.807) is 34.6 Å². The van der Waals surface area contributed by atoms with Crippen molar-refractivity contribution in [3.63, 3.8) is 0 Å². The minimum atomic E-state index is -4.84. The summed E-state index contributed by atoms with van der Waals surface area (Å²) in [6.45, 7) is 9.39. The van der Waals surface area contributed by atoms with Crippen LogP contribution in [0.25, 0.3) is 0 Å². The first-order valence-electron chi connectivity index (χ1n) is 9.68. The number of nitrogens with one attached hydrogen (secondary N) is 2. The molecule has 2 aliphatic heterocycles. The summed E-state index contributed by atoms with van der Waals surface area (Å²) < 4.78 is 33.7. The van der Waals surface area contributed by atoms with Crippen molar-refractivity contribution in [2.75, 3.05) is 6.61 Å². The zero-order valence-corrected chi connectivity index (χ0v) is 19.2. The van der Waals surface area contributed by atoms with Crippen LogP contribution in [0.3, 0.4) is 0 Å². The van der Waals surface area contributed by atoms with Crippen molar-refractivity contribution in [2.45, 2.75) is 83.1 Å². The average Bonchev–Trinajstić information content (AvgIpc) is 2.92. The summed E-state index contributed by atoms with van der Waals surface area (Å²) in [5, 5.41) is 15.8. The third kappa shape index (κ3) is 7.25. The Bertz CT molecular complexity index is 772. The number of alkyl carbamates (subject to hydrolysis) is 1. The fourth-order valence-corrected chi connectivity index (χ4v) is 3.84. The van der Waals surface area contributed by atoms with Gasteiger partial charge in [0.25, 0.3) is 0 Å². The van der Waals surface area contributed by atoms with E-state index in [2.05, 4.69) is 10.6 Å². The van der Waals surface area contributed by atoms with Crippen LogP contribution >= 0.6 is 7.60 Å². The predicted molar refractivity (Wildman–Crippen MR) is 107 cm³/mol. The Hall–Kier alpha value is -1.53. The maximum atomic E-state index is 12.3. The molecule has 2 heterocycles. The van der Waals surface area contributed by atoms with Crippen molar-refractivity contribution < 1.29 is 48.0 Å². The monoisotopic (exact) mass is 466 g/mol. The standard InChI is InChI=1S/C18H31N2O10P/c1-9(21)19-13-10(20-16(23)30-17(2,3)4)7-12(31(24,25)26)28-15(13)14(22)11-8-27-18(5,6)29-11/h7,11-15,22H,8H2,1-6H3,(H,19,21)(H,20,23)(H2,24,25,26). The maximum absolute atomic E-state index is 12.3. The quantitative estimate of drug-likeness (QED) is 0.355. The topological polar surface area (TPSA) is 173 Å². The molecule has 2 amide bonds. The summed E-state index contributed by atoms with van der Waals surface area (Å²) in [5.74, 6) is -3.29. The molecule has 2 rings (SSSR count). The summed E-state index contributed by atoms with van der Waals surface area (Å²) in [6.07, 6.45) is -3.66. The second-order valence-corrected chi connectivity index (χ2v) is 10.6. The van der Waals surface area contributed by atoms with Crippen LogP contribution in [0.5, 0.6) is 0 Å². The van der Waals surface area contributed by atoms with Crippen molar-refractivity contribution in [2.24, 2.45) is 0 Å². The van der Waals surface area contributed by atoms with Gasteiger partial charge in [-0.15, -0.1) is 0 Å². The molecule has 12 nitrogen and oxygen atoms in total. The van der Waals surface area contributed by atoms with E-state index in [-0.39, 0.29) is 12.3 Å². The first-order chi connectivity index (χ1) is 14.0. The highest BCUT2D eigenvalue weighted by Crippen LogP contribution is 2.46. The van der Waals surface area contributed by atoms with E-state index >= 15 is 0 Å². The Morgan fingerprint density at radius 1 is 1.32 bits per heavy atom. The maximum Gasteiger partial charge on any atom is 0.411 e. The molecule has 0 aromatic rings.